The average Bonchev–Trinajstić information content (AvgIpc) is 2.44. The van der Waals surface area contributed by atoms with E-state index in [9.17, 15) is 9.59 Å². The van der Waals surface area contributed by atoms with Gasteiger partial charge >= 0.3 is 5.97 Å². The first-order chi connectivity index (χ1) is 9.56. The minimum atomic E-state index is -1.11. The summed E-state index contributed by atoms with van der Waals surface area (Å²) in [6.07, 6.45) is 7.98. The van der Waals surface area contributed by atoms with Gasteiger partial charge in [0.1, 0.15) is 12.3 Å². The molecule has 0 atom stereocenters. The van der Waals surface area contributed by atoms with E-state index in [1.807, 2.05) is 0 Å². The van der Waals surface area contributed by atoms with Crippen LogP contribution in [0.25, 0.3) is 6.08 Å². The Balaban J connectivity index is 2.78. The van der Waals surface area contributed by atoms with E-state index in [2.05, 4.69) is 5.92 Å². The summed E-state index contributed by atoms with van der Waals surface area (Å²) in [5, 5.41) is 8.71. The van der Waals surface area contributed by atoms with Crippen LogP contribution in [0.1, 0.15) is 5.56 Å². The highest BCUT2D eigenvalue weighted by Crippen LogP contribution is 2.13. The number of carbonyl (C=O) groups excluding carboxylic acids is 1. The molecule has 0 radical (unpaired) electrons. The van der Waals surface area contributed by atoms with Gasteiger partial charge in [-0.2, -0.15) is 0 Å². The van der Waals surface area contributed by atoms with Gasteiger partial charge in [-0.15, -0.1) is 6.42 Å². The number of aliphatic carboxylic acids is 1. The number of amides is 1. The van der Waals surface area contributed by atoms with Crippen molar-refractivity contribution in [2.45, 2.75) is 0 Å². The highest BCUT2D eigenvalue weighted by Gasteiger charge is 2.12. The van der Waals surface area contributed by atoms with Crippen molar-refractivity contribution in [2.24, 2.45) is 0 Å². The highest BCUT2D eigenvalue weighted by atomic mass is 16.5. The van der Waals surface area contributed by atoms with E-state index >= 15 is 0 Å². The molecule has 1 N–H and O–H groups in total. The van der Waals surface area contributed by atoms with E-state index in [1.54, 1.807) is 37.5 Å². The lowest BCUT2D eigenvalue weighted by Gasteiger charge is -2.15. The number of carbonyl (C=O) groups is 2. The van der Waals surface area contributed by atoms with Crippen molar-refractivity contribution < 1.29 is 19.4 Å². The van der Waals surface area contributed by atoms with Crippen molar-refractivity contribution in [3.63, 3.8) is 0 Å². The van der Waals surface area contributed by atoms with Gasteiger partial charge in [-0.3, -0.25) is 9.59 Å². The lowest BCUT2D eigenvalue weighted by molar-refractivity contribution is -0.142. The fourth-order valence-corrected chi connectivity index (χ4v) is 1.50. The third kappa shape index (κ3) is 4.86. The predicted molar refractivity (Wildman–Crippen MR) is 75.1 cm³/mol. The van der Waals surface area contributed by atoms with Gasteiger partial charge in [0.2, 0.25) is 5.91 Å². The first-order valence-electron chi connectivity index (χ1n) is 5.83. The van der Waals surface area contributed by atoms with Crippen LogP contribution in [-0.2, 0) is 9.59 Å². The molecular formula is C15H15NO4. The number of hydrogen-bond acceptors (Lipinski definition) is 3. The van der Waals surface area contributed by atoms with Crippen LogP contribution in [0.5, 0.6) is 5.75 Å². The molecule has 0 aliphatic heterocycles. The van der Waals surface area contributed by atoms with Crippen molar-refractivity contribution in [1.29, 1.82) is 0 Å². The van der Waals surface area contributed by atoms with Crippen molar-refractivity contribution >= 4 is 18.0 Å². The van der Waals surface area contributed by atoms with E-state index < -0.39 is 18.4 Å². The van der Waals surface area contributed by atoms with E-state index in [4.69, 9.17) is 16.3 Å². The summed E-state index contributed by atoms with van der Waals surface area (Å²) in [5.74, 6) is 1.37. The van der Waals surface area contributed by atoms with Gasteiger partial charge in [0, 0.05) is 6.08 Å². The van der Waals surface area contributed by atoms with Crippen molar-refractivity contribution in [3.8, 4) is 18.1 Å². The summed E-state index contributed by atoms with van der Waals surface area (Å²) < 4.78 is 5.07. The van der Waals surface area contributed by atoms with Gasteiger partial charge in [-0.25, -0.2) is 0 Å². The van der Waals surface area contributed by atoms with E-state index in [-0.39, 0.29) is 6.54 Å². The van der Waals surface area contributed by atoms with Crippen LogP contribution in [-0.4, -0.2) is 42.1 Å². The largest absolute Gasteiger partial charge is 0.497 e. The number of terminal acetylenes is 1. The Hall–Kier alpha value is -2.74. The summed E-state index contributed by atoms with van der Waals surface area (Å²) in [4.78, 5) is 23.6. The van der Waals surface area contributed by atoms with Crippen LogP contribution in [0, 0.1) is 12.3 Å². The maximum atomic E-state index is 11.8. The highest BCUT2D eigenvalue weighted by molar-refractivity contribution is 5.93. The zero-order valence-corrected chi connectivity index (χ0v) is 11.1. The predicted octanol–water partition coefficient (Wildman–Crippen LogP) is 1.25. The maximum Gasteiger partial charge on any atom is 0.323 e. The fraction of sp³-hybridized carbons (Fsp3) is 0.200. The molecule has 1 aromatic rings. The molecule has 5 heteroatoms. The summed E-state index contributed by atoms with van der Waals surface area (Å²) in [5.41, 5.74) is 0.772. The van der Waals surface area contributed by atoms with Crippen LogP contribution in [0.15, 0.2) is 30.3 Å². The molecule has 0 spiro atoms. The Morgan fingerprint density at radius 2 is 2.25 bits per heavy atom. The zero-order chi connectivity index (χ0) is 15.0. The van der Waals surface area contributed by atoms with Gasteiger partial charge in [0.15, 0.2) is 0 Å². The van der Waals surface area contributed by atoms with Crippen molar-refractivity contribution in [3.05, 3.63) is 35.9 Å². The second-order valence-electron chi connectivity index (χ2n) is 3.90. The number of nitrogens with zero attached hydrogens (tertiary/aromatic N) is 1. The monoisotopic (exact) mass is 273 g/mol. The smallest absolute Gasteiger partial charge is 0.323 e. The number of ether oxygens (including phenoxy) is 1. The Labute approximate surface area is 117 Å². The summed E-state index contributed by atoms with van der Waals surface area (Å²) in [6.45, 7) is -0.473. The van der Waals surface area contributed by atoms with Crippen LogP contribution in [0.3, 0.4) is 0 Å². The molecule has 104 valence electrons. The molecule has 0 unspecified atom stereocenters. The maximum absolute atomic E-state index is 11.8. The lowest BCUT2D eigenvalue weighted by atomic mass is 10.2. The van der Waals surface area contributed by atoms with Gasteiger partial charge in [-0.05, 0) is 23.8 Å². The van der Waals surface area contributed by atoms with E-state index in [0.29, 0.717) is 5.75 Å². The number of hydrogen-bond donors (Lipinski definition) is 1. The summed E-state index contributed by atoms with van der Waals surface area (Å²) in [6, 6.07) is 7.13. The molecule has 0 fully saturated rings. The minimum Gasteiger partial charge on any atom is -0.497 e. The number of methoxy groups -OCH3 is 1. The number of carboxylic acids is 1. The fourth-order valence-electron chi connectivity index (χ4n) is 1.50. The molecule has 0 bridgehead atoms. The molecule has 1 rings (SSSR count). The molecule has 1 aromatic carbocycles. The topological polar surface area (TPSA) is 66.8 Å². The van der Waals surface area contributed by atoms with Crippen LogP contribution < -0.4 is 4.74 Å². The molecule has 0 aliphatic carbocycles. The van der Waals surface area contributed by atoms with E-state index in [1.165, 1.54) is 6.08 Å². The third-order valence-electron chi connectivity index (χ3n) is 2.43. The van der Waals surface area contributed by atoms with Crippen molar-refractivity contribution in [1.82, 2.24) is 4.90 Å². The lowest BCUT2D eigenvalue weighted by Crippen LogP contribution is -2.34. The first kappa shape index (κ1) is 15.3. The number of carboxylic acid groups (broad SMARTS) is 1. The third-order valence-corrected chi connectivity index (χ3v) is 2.43. The normalized spacial score (nSPS) is 10.0. The van der Waals surface area contributed by atoms with Crippen LogP contribution in [0.4, 0.5) is 0 Å². The molecular weight excluding hydrogens is 258 g/mol. The Morgan fingerprint density at radius 3 is 2.85 bits per heavy atom. The Morgan fingerprint density at radius 1 is 1.50 bits per heavy atom. The number of benzene rings is 1. The standard InChI is InChI=1S/C15H15NO4/c1-3-9-16(11-15(18)19)14(17)8-7-12-5-4-6-13(10-12)20-2/h1,4-8,10H,9,11H2,2H3,(H,18,19). The molecule has 1 amide bonds. The average molecular weight is 273 g/mol. The second-order valence-corrected chi connectivity index (χ2v) is 3.90. The summed E-state index contributed by atoms with van der Waals surface area (Å²) >= 11 is 0. The van der Waals surface area contributed by atoms with E-state index in [0.717, 1.165) is 10.5 Å². The van der Waals surface area contributed by atoms with Gasteiger partial charge in [0.05, 0.1) is 13.7 Å². The van der Waals surface area contributed by atoms with Crippen molar-refractivity contribution in [2.75, 3.05) is 20.2 Å². The molecule has 5 nitrogen and oxygen atoms in total. The molecule has 20 heavy (non-hydrogen) atoms. The molecule has 0 aliphatic rings. The summed E-state index contributed by atoms with van der Waals surface area (Å²) in [7, 11) is 1.55. The first-order valence-corrected chi connectivity index (χ1v) is 5.83. The SMILES string of the molecule is C#CCN(CC(=O)O)C(=O)C=Cc1cccc(OC)c1. The van der Waals surface area contributed by atoms with Crippen LogP contribution >= 0.6 is 0 Å². The van der Waals surface area contributed by atoms with Gasteiger partial charge < -0.3 is 14.7 Å². The molecule has 0 saturated carbocycles. The molecule has 0 saturated heterocycles. The Kier molecular flexibility index (Phi) is 5.85. The molecule has 0 heterocycles. The van der Waals surface area contributed by atoms with Gasteiger partial charge in [0.25, 0.3) is 0 Å². The zero-order valence-electron chi connectivity index (χ0n) is 11.1. The quantitative estimate of drug-likeness (QED) is 0.626. The number of rotatable bonds is 6. The Bertz CT molecular complexity index is 557. The molecule has 0 aromatic heterocycles. The second kappa shape index (κ2) is 7.64. The van der Waals surface area contributed by atoms with Gasteiger partial charge in [-0.1, -0.05) is 18.1 Å². The van der Waals surface area contributed by atoms with Crippen LogP contribution in [0.2, 0.25) is 0 Å². The minimum absolute atomic E-state index is 0.0480.